The molecule has 0 fully saturated rings. The van der Waals surface area contributed by atoms with E-state index in [1.54, 1.807) is 72.8 Å². The average Bonchev–Trinajstić information content (AvgIpc) is 2.94. The molecule has 40 heavy (non-hydrogen) atoms. The number of benzene rings is 3. The second kappa shape index (κ2) is 15.2. The van der Waals surface area contributed by atoms with Crippen molar-refractivity contribution < 1.29 is 19.2 Å². The highest BCUT2D eigenvalue weighted by Gasteiger charge is 2.16. The molecule has 0 radical (unpaired) electrons. The number of halogens is 2. The first-order chi connectivity index (χ1) is 19.3. The maximum absolute atomic E-state index is 12.6. The Kier molecular flexibility index (Phi) is 11.4. The van der Waals surface area contributed by atoms with E-state index in [2.05, 4.69) is 26.3 Å². The Balaban J connectivity index is 1.44. The van der Waals surface area contributed by atoms with Gasteiger partial charge in [-0.05, 0) is 29.8 Å². The summed E-state index contributed by atoms with van der Waals surface area (Å²) in [4.78, 5) is 48.9. The smallest absolute Gasteiger partial charge is 0.240 e. The number of hydrazone groups is 2. The van der Waals surface area contributed by atoms with Crippen LogP contribution in [0.5, 0.6) is 0 Å². The number of para-hydroxylation sites is 2. The van der Waals surface area contributed by atoms with Crippen LogP contribution in [0.25, 0.3) is 0 Å². The first kappa shape index (κ1) is 30.0. The Hall–Kier alpha value is -4.54. The molecule has 0 unspecified atom stereocenters. The van der Waals surface area contributed by atoms with Crippen LogP contribution in [0.2, 0.25) is 10.0 Å². The van der Waals surface area contributed by atoms with Gasteiger partial charge < -0.3 is 16.5 Å². The van der Waals surface area contributed by atoms with Crippen molar-refractivity contribution in [3.8, 4) is 0 Å². The highest BCUT2D eigenvalue weighted by molar-refractivity contribution is 6.46. The molecule has 12 heteroatoms. The fraction of sp³-hybridized carbons (Fsp3) is 0.143. The van der Waals surface area contributed by atoms with Gasteiger partial charge in [-0.1, -0.05) is 71.7 Å². The van der Waals surface area contributed by atoms with Crippen LogP contribution in [0, 0.1) is 0 Å². The first-order valence-electron chi connectivity index (χ1n) is 12.1. The molecule has 10 nitrogen and oxygen atoms in total. The molecule has 0 aromatic heterocycles. The molecule has 0 saturated carbocycles. The molecule has 0 heterocycles. The quantitative estimate of drug-likeness (QED) is 0.141. The lowest BCUT2D eigenvalue weighted by Gasteiger charge is -2.08. The molecule has 206 valence electrons. The Morgan fingerprint density at radius 2 is 1.20 bits per heavy atom. The minimum atomic E-state index is -0.441. The van der Waals surface area contributed by atoms with E-state index in [1.165, 1.54) is 6.21 Å². The maximum atomic E-state index is 12.6. The van der Waals surface area contributed by atoms with Crippen LogP contribution in [-0.2, 0) is 19.2 Å². The third kappa shape index (κ3) is 9.33. The zero-order valence-electron chi connectivity index (χ0n) is 21.2. The number of amides is 3. The number of nitrogens with two attached hydrogens (primary N) is 1. The summed E-state index contributed by atoms with van der Waals surface area (Å²) in [5.41, 5.74) is 4.41. The van der Waals surface area contributed by atoms with E-state index >= 15 is 0 Å². The Morgan fingerprint density at radius 3 is 1.73 bits per heavy atom. The van der Waals surface area contributed by atoms with Gasteiger partial charge >= 0.3 is 0 Å². The largest absolute Gasteiger partial charge is 0.325 e. The van der Waals surface area contributed by atoms with Gasteiger partial charge in [0, 0.05) is 31.2 Å². The molecule has 3 amide bonds. The van der Waals surface area contributed by atoms with E-state index in [-0.39, 0.29) is 43.2 Å². The van der Waals surface area contributed by atoms with Crippen LogP contribution in [0.1, 0.15) is 36.8 Å². The first-order valence-corrected chi connectivity index (χ1v) is 12.8. The molecular formula is C28H26Cl2N6O4. The van der Waals surface area contributed by atoms with E-state index in [0.29, 0.717) is 32.5 Å². The summed E-state index contributed by atoms with van der Waals surface area (Å²) in [6, 6.07) is 20.1. The van der Waals surface area contributed by atoms with Crippen LogP contribution in [-0.4, -0.2) is 35.4 Å². The molecule has 0 aliphatic carbocycles. The minimum absolute atomic E-state index is 0.0254. The van der Waals surface area contributed by atoms with E-state index in [4.69, 9.17) is 29.0 Å². The van der Waals surface area contributed by atoms with Crippen LogP contribution in [0.15, 0.2) is 83.0 Å². The highest BCUT2D eigenvalue weighted by atomic mass is 35.5. The van der Waals surface area contributed by atoms with Gasteiger partial charge in [-0.15, -0.1) is 0 Å². The van der Waals surface area contributed by atoms with Crippen molar-refractivity contribution in [2.24, 2.45) is 16.0 Å². The number of rotatable bonds is 12. The Bertz CT molecular complexity index is 1440. The topological polar surface area (TPSA) is 155 Å². The predicted molar refractivity (Wildman–Crippen MR) is 157 cm³/mol. The fourth-order valence-electron chi connectivity index (χ4n) is 3.39. The third-order valence-electron chi connectivity index (χ3n) is 5.43. The van der Waals surface area contributed by atoms with Crippen molar-refractivity contribution >= 4 is 70.0 Å². The number of carbonyl (C=O) groups excluding carboxylic acids is 4. The lowest BCUT2D eigenvalue weighted by Crippen LogP contribution is -2.21. The van der Waals surface area contributed by atoms with Crippen LogP contribution in [0.3, 0.4) is 0 Å². The third-order valence-corrected chi connectivity index (χ3v) is 6.09. The zero-order valence-corrected chi connectivity index (χ0v) is 22.7. The molecule has 0 aliphatic rings. The Morgan fingerprint density at radius 1 is 0.700 bits per heavy atom. The fourth-order valence-corrected chi connectivity index (χ4v) is 3.76. The van der Waals surface area contributed by atoms with Crippen molar-refractivity contribution in [1.29, 1.82) is 0 Å². The number of nitrogens with one attached hydrogen (secondary N) is 3. The minimum Gasteiger partial charge on any atom is -0.325 e. The standard InChI is InChI=1S/C28H26Cl2N6O4/c29-20-5-1-3-7-22(20)33-25(38)14-13-24(37)28(35-31)19-11-9-18(10-12-19)17-32-36-27(40)16-15-26(39)34-23-8-4-2-6-21(23)30/h1-12,17H,13-16,31H2,(H,33,38)(H,34,39)(H,36,40). The second-order valence-electron chi connectivity index (χ2n) is 8.37. The monoisotopic (exact) mass is 580 g/mol. The molecular weight excluding hydrogens is 555 g/mol. The summed E-state index contributed by atoms with van der Waals surface area (Å²) in [6.45, 7) is 0. The summed E-state index contributed by atoms with van der Waals surface area (Å²) in [5.74, 6) is 3.89. The van der Waals surface area contributed by atoms with Gasteiger partial charge in [0.05, 0.1) is 27.6 Å². The lowest BCUT2D eigenvalue weighted by molar-refractivity contribution is -0.124. The Labute approximate surface area is 240 Å². The molecule has 0 bridgehead atoms. The normalized spacial score (nSPS) is 11.2. The van der Waals surface area contributed by atoms with E-state index in [9.17, 15) is 19.2 Å². The molecule has 0 saturated heterocycles. The summed E-state index contributed by atoms with van der Waals surface area (Å²) in [6.07, 6.45) is 1.12. The zero-order chi connectivity index (χ0) is 28.9. The average molecular weight is 581 g/mol. The number of nitrogens with zero attached hydrogens (tertiary/aromatic N) is 2. The van der Waals surface area contributed by atoms with Gasteiger partial charge in [0.15, 0.2) is 5.78 Å². The van der Waals surface area contributed by atoms with Gasteiger partial charge in [0.1, 0.15) is 5.71 Å². The van der Waals surface area contributed by atoms with Crippen molar-refractivity contribution in [2.45, 2.75) is 25.7 Å². The van der Waals surface area contributed by atoms with Gasteiger partial charge in [0.2, 0.25) is 17.7 Å². The van der Waals surface area contributed by atoms with Crippen molar-refractivity contribution in [2.75, 3.05) is 10.6 Å². The summed E-state index contributed by atoms with van der Waals surface area (Å²) in [5, 5.41) is 13.6. The molecule has 0 spiro atoms. The molecule has 3 aromatic rings. The van der Waals surface area contributed by atoms with Gasteiger partial charge in [-0.3, -0.25) is 19.2 Å². The van der Waals surface area contributed by atoms with Gasteiger partial charge in [-0.2, -0.15) is 10.2 Å². The summed E-state index contributed by atoms with van der Waals surface area (Å²) < 4.78 is 0. The van der Waals surface area contributed by atoms with Gasteiger partial charge in [-0.25, -0.2) is 5.43 Å². The van der Waals surface area contributed by atoms with Crippen LogP contribution < -0.4 is 21.9 Å². The summed E-state index contributed by atoms with van der Waals surface area (Å²) in [7, 11) is 0. The molecule has 0 atom stereocenters. The van der Waals surface area contributed by atoms with Crippen LogP contribution >= 0.6 is 23.2 Å². The van der Waals surface area contributed by atoms with Crippen molar-refractivity contribution in [3.63, 3.8) is 0 Å². The maximum Gasteiger partial charge on any atom is 0.240 e. The number of hydrogen-bond acceptors (Lipinski definition) is 7. The number of Topliss-reactive ketones (excluding diaryl/α,β-unsaturated/α-hetero) is 1. The predicted octanol–water partition coefficient (Wildman–Crippen LogP) is 4.51. The van der Waals surface area contributed by atoms with E-state index < -0.39 is 11.7 Å². The van der Waals surface area contributed by atoms with E-state index in [1.807, 2.05) is 0 Å². The van der Waals surface area contributed by atoms with Crippen molar-refractivity contribution in [3.05, 3.63) is 94.0 Å². The SMILES string of the molecule is NN=C(C(=O)CCC(=O)Nc1ccccc1Cl)c1ccc(C=NNC(=O)CCC(=O)Nc2ccccc2Cl)cc1. The summed E-state index contributed by atoms with van der Waals surface area (Å²) >= 11 is 12.0. The van der Waals surface area contributed by atoms with E-state index in [0.717, 1.165) is 0 Å². The highest BCUT2D eigenvalue weighted by Crippen LogP contribution is 2.21. The van der Waals surface area contributed by atoms with Crippen LogP contribution in [0.4, 0.5) is 11.4 Å². The van der Waals surface area contributed by atoms with Gasteiger partial charge in [0.25, 0.3) is 0 Å². The number of ketones is 1. The lowest BCUT2D eigenvalue weighted by atomic mass is 10.0. The molecule has 3 aromatic carbocycles. The number of carbonyl (C=O) groups is 4. The molecule has 3 rings (SSSR count). The number of anilines is 2. The number of hydrogen-bond donors (Lipinski definition) is 4. The second-order valence-corrected chi connectivity index (χ2v) is 9.19. The van der Waals surface area contributed by atoms with Crippen molar-refractivity contribution in [1.82, 2.24) is 5.43 Å². The molecule has 0 aliphatic heterocycles. The molecule has 5 N–H and O–H groups in total.